The van der Waals surface area contributed by atoms with E-state index in [2.05, 4.69) is 0 Å². The molecule has 32 heavy (non-hydrogen) atoms. The molecule has 2 N–H and O–H groups in total. The first-order valence-corrected chi connectivity index (χ1v) is 10.1. The molecule has 4 rings (SSSR count). The number of hydrogen-bond acceptors (Lipinski definition) is 5. The maximum absolute atomic E-state index is 12.1. The van der Waals surface area contributed by atoms with Gasteiger partial charge in [-0.25, -0.2) is 9.59 Å². The van der Waals surface area contributed by atoms with Crippen molar-refractivity contribution in [3.63, 3.8) is 0 Å². The Hall–Kier alpha value is -3.84. The lowest BCUT2D eigenvalue weighted by molar-refractivity contribution is 0.0681. The molecule has 1 aliphatic carbocycles. The Labute approximate surface area is 186 Å². The van der Waals surface area contributed by atoms with Gasteiger partial charge in [0.2, 0.25) is 0 Å². The van der Waals surface area contributed by atoms with Crippen LogP contribution in [0.5, 0.6) is 5.75 Å². The number of carboxylic acid groups (broad SMARTS) is 2. The number of ether oxygens (including phenoxy) is 1. The average molecular weight is 432 g/mol. The molecule has 0 radical (unpaired) electrons. The van der Waals surface area contributed by atoms with Crippen molar-refractivity contribution in [2.75, 3.05) is 33.1 Å². The molecule has 1 aliphatic heterocycles. The van der Waals surface area contributed by atoms with Crippen LogP contribution in [0.15, 0.2) is 66.0 Å². The number of fused-ring (bicyclic) bond motifs is 2. The normalized spacial score (nSPS) is 16.8. The second-order valence-electron chi connectivity index (χ2n) is 8.18. The van der Waals surface area contributed by atoms with Crippen molar-refractivity contribution < 1.29 is 24.5 Å². The quantitative estimate of drug-likeness (QED) is 0.744. The number of aromatic carboxylic acids is 2. The number of hydrogen-bond donors (Lipinski definition) is 2. The molecule has 1 atom stereocenters. The third-order valence-electron chi connectivity index (χ3n) is 5.65. The Morgan fingerprint density at radius 1 is 0.938 bits per heavy atom. The zero-order chi connectivity index (χ0) is 23.2. The first kappa shape index (κ1) is 21.4. The van der Waals surface area contributed by atoms with Gasteiger partial charge in [-0.2, -0.15) is 0 Å². The lowest BCUT2D eigenvalue weighted by Crippen LogP contribution is -2.27. The van der Waals surface area contributed by atoms with Crippen LogP contribution in [0.2, 0.25) is 0 Å². The summed E-state index contributed by atoms with van der Waals surface area (Å²) in [6.07, 6.45) is 5.89. The van der Waals surface area contributed by atoms with E-state index in [1.165, 1.54) is 18.2 Å². The van der Waals surface area contributed by atoms with Gasteiger partial charge in [0.1, 0.15) is 11.5 Å². The van der Waals surface area contributed by atoms with Gasteiger partial charge >= 0.3 is 11.9 Å². The molecular formula is C25H24N2O5. The highest BCUT2D eigenvalue weighted by Gasteiger charge is 2.30. The largest absolute Gasteiger partial charge is 0.478 e. The van der Waals surface area contributed by atoms with Crippen LogP contribution in [-0.4, -0.2) is 61.3 Å². The Morgan fingerprint density at radius 2 is 1.69 bits per heavy atom. The summed E-state index contributed by atoms with van der Waals surface area (Å²) in [7, 11) is 7.77. The maximum atomic E-state index is 12.1. The molecule has 2 aliphatic rings. The van der Waals surface area contributed by atoms with Crippen molar-refractivity contribution in [2.24, 2.45) is 0 Å². The van der Waals surface area contributed by atoms with Crippen LogP contribution in [0.3, 0.4) is 0 Å². The molecule has 0 fully saturated rings. The van der Waals surface area contributed by atoms with E-state index in [0.29, 0.717) is 28.2 Å². The smallest absolute Gasteiger partial charge is 0.336 e. The highest BCUT2D eigenvalue weighted by molar-refractivity contribution is 6.02. The molecule has 2 aromatic rings. The second-order valence-corrected chi connectivity index (χ2v) is 8.18. The minimum Gasteiger partial charge on any atom is -0.478 e. The van der Waals surface area contributed by atoms with Crippen LogP contribution in [0, 0.1) is 0 Å². The van der Waals surface area contributed by atoms with Gasteiger partial charge in [0.15, 0.2) is 0 Å². The van der Waals surface area contributed by atoms with E-state index in [-0.39, 0.29) is 17.2 Å². The number of rotatable bonds is 5. The van der Waals surface area contributed by atoms with Gasteiger partial charge in [-0.15, -0.1) is 0 Å². The lowest BCUT2D eigenvalue weighted by atomic mass is 9.84. The molecule has 0 bridgehead atoms. The van der Waals surface area contributed by atoms with Gasteiger partial charge in [0.25, 0.3) is 0 Å². The van der Waals surface area contributed by atoms with Crippen LogP contribution in [0.1, 0.15) is 31.8 Å². The van der Waals surface area contributed by atoms with E-state index < -0.39 is 11.9 Å². The fraction of sp³-hybridized carbons (Fsp3) is 0.200. The Kier molecular flexibility index (Phi) is 5.36. The molecule has 1 heterocycles. The van der Waals surface area contributed by atoms with Gasteiger partial charge in [-0.3, -0.25) is 4.90 Å². The number of allylic oxidation sites excluding steroid dienone is 1. The highest BCUT2D eigenvalue weighted by Crippen LogP contribution is 2.45. The average Bonchev–Trinajstić information content (AvgIpc) is 2.75. The number of carboxylic acids is 2. The van der Waals surface area contributed by atoms with Crippen LogP contribution < -0.4 is 9.64 Å². The summed E-state index contributed by atoms with van der Waals surface area (Å²) in [5, 5.41) is 19.4. The zero-order valence-corrected chi connectivity index (χ0v) is 18.3. The molecule has 7 heteroatoms. The molecule has 2 aromatic carbocycles. The summed E-state index contributed by atoms with van der Waals surface area (Å²) in [5.41, 5.74) is 3.39. The third-order valence-corrected chi connectivity index (χ3v) is 5.65. The third kappa shape index (κ3) is 3.67. The molecule has 0 saturated carbocycles. The summed E-state index contributed by atoms with van der Waals surface area (Å²) in [6, 6.07) is 9.80. The molecule has 7 nitrogen and oxygen atoms in total. The Balaban J connectivity index is 2.04. The van der Waals surface area contributed by atoms with E-state index in [1.807, 2.05) is 74.4 Å². The molecular weight excluding hydrogens is 408 g/mol. The summed E-state index contributed by atoms with van der Waals surface area (Å²) >= 11 is 0. The van der Waals surface area contributed by atoms with E-state index in [1.54, 1.807) is 0 Å². The topological polar surface area (TPSA) is 90.3 Å². The number of benzene rings is 2. The molecule has 164 valence electrons. The summed E-state index contributed by atoms with van der Waals surface area (Å²) < 4.78 is 6.27. The number of carbonyl (C=O) groups is 2. The molecule has 1 unspecified atom stereocenters. The van der Waals surface area contributed by atoms with Crippen molar-refractivity contribution in [3.05, 3.63) is 88.2 Å². The van der Waals surface area contributed by atoms with Gasteiger partial charge < -0.3 is 19.8 Å². The number of nitrogens with zero attached hydrogens (tertiary/aromatic N) is 2. The number of likely N-dealkylation sites (N-methyl/N-ethyl adjacent to an activating group) is 1. The van der Waals surface area contributed by atoms with Gasteiger partial charge in [0.05, 0.1) is 11.1 Å². The zero-order valence-electron chi connectivity index (χ0n) is 18.3. The summed E-state index contributed by atoms with van der Waals surface area (Å²) in [6.45, 7) is 0. The minimum absolute atomic E-state index is 0.0119. The van der Waals surface area contributed by atoms with Crippen LogP contribution in [0.4, 0.5) is 5.69 Å². The predicted octanol–water partition coefficient (Wildman–Crippen LogP) is 3.73. The van der Waals surface area contributed by atoms with Crippen LogP contribution in [-0.2, 0) is 0 Å². The molecule has 0 saturated heterocycles. The fourth-order valence-electron chi connectivity index (χ4n) is 3.90. The second kappa shape index (κ2) is 8.01. The first-order chi connectivity index (χ1) is 15.2. The van der Waals surface area contributed by atoms with E-state index in [4.69, 9.17) is 4.74 Å². The molecule has 0 aromatic heterocycles. The minimum atomic E-state index is -1.13. The van der Waals surface area contributed by atoms with Crippen molar-refractivity contribution in [3.8, 4) is 5.75 Å². The SMILES string of the molecule is CN(C)c1ccc2c(c1)OC1=CC(N(C)C)C=CC1=C2c1cc(C(=O)O)ccc1C(=O)O. The van der Waals surface area contributed by atoms with E-state index >= 15 is 0 Å². The molecule has 0 amide bonds. The standard InChI is InChI=1S/C25H24N2O5/c1-26(2)15-6-9-18-21(12-15)32-22-13-16(27(3)4)7-10-19(22)23(18)20-11-14(24(28)29)5-8-17(20)25(30)31/h5-13,15H,1-4H3,(H,28,29)(H,30,31). The van der Waals surface area contributed by atoms with Crippen molar-refractivity contribution in [1.82, 2.24) is 4.90 Å². The van der Waals surface area contributed by atoms with Gasteiger partial charge in [-0.05, 0) is 56.1 Å². The first-order valence-electron chi connectivity index (χ1n) is 10.1. The van der Waals surface area contributed by atoms with Crippen molar-refractivity contribution >= 4 is 23.2 Å². The molecule has 0 spiro atoms. The Morgan fingerprint density at radius 3 is 2.31 bits per heavy atom. The maximum Gasteiger partial charge on any atom is 0.336 e. The Bertz CT molecular complexity index is 1220. The van der Waals surface area contributed by atoms with E-state index in [9.17, 15) is 19.8 Å². The van der Waals surface area contributed by atoms with E-state index in [0.717, 1.165) is 11.3 Å². The van der Waals surface area contributed by atoms with Crippen LogP contribution in [0.25, 0.3) is 5.57 Å². The van der Waals surface area contributed by atoms with Crippen molar-refractivity contribution in [2.45, 2.75) is 6.04 Å². The van der Waals surface area contributed by atoms with Gasteiger partial charge in [0, 0.05) is 48.6 Å². The monoisotopic (exact) mass is 432 g/mol. The highest BCUT2D eigenvalue weighted by atomic mass is 16.5. The fourth-order valence-corrected chi connectivity index (χ4v) is 3.90. The van der Waals surface area contributed by atoms with Crippen LogP contribution >= 0.6 is 0 Å². The summed E-state index contributed by atoms with van der Waals surface area (Å²) in [4.78, 5) is 27.7. The van der Waals surface area contributed by atoms with Crippen molar-refractivity contribution in [1.29, 1.82) is 0 Å². The van der Waals surface area contributed by atoms with Gasteiger partial charge in [-0.1, -0.05) is 12.2 Å². The summed E-state index contributed by atoms with van der Waals surface area (Å²) in [5.74, 6) is -1.04. The predicted molar refractivity (Wildman–Crippen MR) is 122 cm³/mol. The lowest BCUT2D eigenvalue weighted by Gasteiger charge is -2.31. The number of anilines is 1.